The molecule has 1 N–H and O–H groups in total. The van der Waals surface area contributed by atoms with Crippen LogP contribution < -0.4 is 10.1 Å². The molecule has 3 rings (SSSR count). The van der Waals surface area contributed by atoms with Crippen LogP contribution in [0.5, 0.6) is 5.75 Å². The van der Waals surface area contributed by atoms with E-state index >= 15 is 0 Å². The quantitative estimate of drug-likeness (QED) is 0.583. The molecule has 9 nitrogen and oxygen atoms in total. The molecule has 0 atom stereocenters. The van der Waals surface area contributed by atoms with Gasteiger partial charge < -0.3 is 19.7 Å². The van der Waals surface area contributed by atoms with Crippen molar-refractivity contribution in [3.63, 3.8) is 0 Å². The summed E-state index contributed by atoms with van der Waals surface area (Å²) in [5, 5.41) is 2.74. The van der Waals surface area contributed by atoms with Gasteiger partial charge in [-0.3, -0.25) is 9.59 Å². The fourth-order valence-electron chi connectivity index (χ4n) is 3.72. The third-order valence-corrected chi connectivity index (χ3v) is 7.44. The topological polar surface area (TPSA) is 105 Å². The van der Waals surface area contributed by atoms with Gasteiger partial charge in [-0.1, -0.05) is 18.2 Å². The first-order valence-corrected chi connectivity index (χ1v) is 12.4. The third kappa shape index (κ3) is 7.19. The van der Waals surface area contributed by atoms with E-state index in [9.17, 15) is 18.0 Å². The summed E-state index contributed by atoms with van der Waals surface area (Å²) in [4.78, 5) is 26.5. The average molecular weight is 454 g/mol. The molecule has 0 radical (unpaired) electrons. The van der Waals surface area contributed by atoms with E-state index < -0.39 is 10.0 Å². The number of carbonyl (C=O) groups excluding carboxylic acids is 2. The molecular formula is C21H31N3O6S. The minimum absolute atomic E-state index is 0.0198. The second-order valence-corrected chi connectivity index (χ2v) is 9.77. The number of likely N-dealkylation sites (tertiary alicyclic amines) is 1. The Balaban J connectivity index is 1.32. The highest BCUT2D eigenvalue weighted by molar-refractivity contribution is 7.89. The van der Waals surface area contributed by atoms with Crippen molar-refractivity contribution in [2.45, 2.75) is 19.3 Å². The molecule has 2 saturated heterocycles. The minimum atomic E-state index is -3.38. The molecule has 10 heteroatoms. The Bertz CT molecular complexity index is 819. The van der Waals surface area contributed by atoms with Crippen molar-refractivity contribution in [1.29, 1.82) is 0 Å². The summed E-state index contributed by atoms with van der Waals surface area (Å²) in [6.07, 6.45) is 1.45. The number of rotatable bonds is 9. The van der Waals surface area contributed by atoms with Crippen molar-refractivity contribution in [1.82, 2.24) is 14.5 Å². The number of sulfonamides is 1. The number of nitrogens with one attached hydrogen (secondary N) is 1. The first-order chi connectivity index (χ1) is 15.0. The Hall–Kier alpha value is -2.17. The van der Waals surface area contributed by atoms with E-state index in [0.29, 0.717) is 65.3 Å². The Morgan fingerprint density at radius 1 is 1.06 bits per heavy atom. The van der Waals surface area contributed by atoms with E-state index in [1.54, 1.807) is 4.90 Å². The molecule has 2 amide bonds. The Kier molecular flexibility index (Phi) is 8.68. The molecule has 0 aliphatic carbocycles. The normalized spacial score (nSPS) is 18.5. The molecule has 2 fully saturated rings. The number of hydrogen-bond donors (Lipinski definition) is 1. The summed E-state index contributed by atoms with van der Waals surface area (Å²) < 4.78 is 36.8. The molecule has 0 spiro atoms. The van der Waals surface area contributed by atoms with Crippen LogP contribution in [0.1, 0.15) is 19.3 Å². The van der Waals surface area contributed by atoms with Crippen LogP contribution >= 0.6 is 0 Å². The maximum Gasteiger partial charge on any atom is 0.225 e. The van der Waals surface area contributed by atoms with Crippen molar-refractivity contribution >= 4 is 21.8 Å². The zero-order valence-corrected chi connectivity index (χ0v) is 18.5. The van der Waals surface area contributed by atoms with Crippen molar-refractivity contribution < 1.29 is 27.5 Å². The van der Waals surface area contributed by atoms with E-state index in [1.165, 1.54) is 4.31 Å². The van der Waals surface area contributed by atoms with Crippen LogP contribution in [0, 0.1) is 5.92 Å². The molecule has 172 valence electrons. The molecule has 0 bridgehead atoms. The monoisotopic (exact) mass is 453 g/mol. The molecule has 2 heterocycles. The van der Waals surface area contributed by atoms with Crippen LogP contribution in [-0.4, -0.2) is 87.7 Å². The van der Waals surface area contributed by atoms with Gasteiger partial charge in [0.15, 0.2) is 0 Å². The molecule has 1 aromatic carbocycles. The molecule has 2 aliphatic heterocycles. The van der Waals surface area contributed by atoms with Gasteiger partial charge in [0.2, 0.25) is 21.8 Å². The van der Waals surface area contributed by atoms with Crippen LogP contribution in [0.25, 0.3) is 0 Å². The number of amides is 2. The lowest BCUT2D eigenvalue weighted by Crippen LogP contribution is -2.46. The predicted octanol–water partition coefficient (Wildman–Crippen LogP) is 0.472. The highest BCUT2D eigenvalue weighted by atomic mass is 32.2. The molecule has 0 aromatic heterocycles. The number of benzene rings is 1. The summed E-state index contributed by atoms with van der Waals surface area (Å²) in [6.45, 7) is 2.98. The van der Waals surface area contributed by atoms with Gasteiger partial charge >= 0.3 is 0 Å². The average Bonchev–Trinajstić information content (AvgIpc) is 2.80. The van der Waals surface area contributed by atoms with Gasteiger partial charge in [0.05, 0.1) is 32.0 Å². The zero-order chi connectivity index (χ0) is 22.1. The molecule has 1 aromatic rings. The summed E-state index contributed by atoms with van der Waals surface area (Å²) in [5.41, 5.74) is 0. The lowest BCUT2D eigenvalue weighted by atomic mass is 9.95. The van der Waals surface area contributed by atoms with Crippen LogP contribution in [0.2, 0.25) is 0 Å². The van der Waals surface area contributed by atoms with Crippen molar-refractivity contribution in [3.8, 4) is 5.75 Å². The molecule has 0 unspecified atom stereocenters. The standard InChI is InChI=1S/C21H31N3O6S/c25-20(8-14-30-19-4-2-1-3-5-19)23-10-6-18(7-11-23)21(26)22-9-17-31(27,28)24-12-15-29-16-13-24/h1-5,18H,6-17H2,(H,22,26). The van der Waals surface area contributed by atoms with E-state index in [2.05, 4.69) is 5.32 Å². The molecular weight excluding hydrogens is 422 g/mol. The maximum atomic E-state index is 12.4. The Morgan fingerprint density at radius 3 is 2.42 bits per heavy atom. The first kappa shape index (κ1) is 23.5. The first-order valence-electron chi connectivity index (χ1n) is 10.7. The van der Waals surface area contributed by atoms with Gasteiger partial charge in [-0.15, -0.1) is 0 Å². The SMILES string of the molecule is O=C(NCCS(=O)(=O)N1CCOCC1)C1CCN(C(=O)CCOc2ccccc2)CC1. The maximum absolute atomic E-state index is 12.4. The molecule has 2 aliphatic rings. The number of para-hydroxylation sites is 1. The van der Waals surface area contributed by atoms with Gasteiger partial charge in [0, 0.05) is 38.6 Å². The van der Waals surface area contributed by atoms with Crippen LogP contribution in [-0.2, 0) is 24.3 Å². The number of carbonyl (C=O) groups is 2. The number of hydrogen-bond acceptors (Lipinski definition) is 6. The van der Waals surface area contributed by atoms with Crippen LogP contribution in [0.15, 0.2) is 30.3 Å². The van der Waals surface area contributed by atoms with Crippen molar-refractivity contribution in [2.75, 3.05) is 58.3 Å². The number of ether oxygens (including phenoxy) is 2. The summed E-state index contributed by atoms with van der Waals surface area (Å²) in [6, 6.07) is 9.36. The van der Waals surface area contributed by atoms with E-state index in [4.69, 9.17) is 9.47 Å². The van der Waals surface area contributed by atoms with Gasteiger partial charge in [-0.05, 0) is 25.0 Å². The van der Waals surface area contributed by atoms with Gasteiger partial charge in [-0.25, -0.2) is 8.42 Å². The highest BCUT2D eigenvalue weighted by Gasteiger charge is 2.28. The fourth-order valence-corrected chi connectivity index (χ4v) is 5.05. The van der Waals surface area contributed by atoms with Gasteiger partial charge in [0.25, 0.3) is 0 Å². The Morgan fingerprint density at radius 2 is 1.74 bits per heavy atom. The van der Waals surface area contributed by atoms with E-state index in [-0.39, 0.29) is 30.0 Å². The van der Waals surface area contributed by atoms with Gasteiger partial charge in [0.1, 0.15) is 5.75 Å². The smallest absolute Gasteiger partial charge is 0.225 e. The third-order valence-electron chi connectivity index (χ3n) is 5.57. The van der Waals surface area contributed by atoms with Crippen molar-refractivity contribution in [3.05, 3.63) is 30.3 Å². The number of morpholine rings is 1. The van der Waals surface area contributed by atoms with E-state index in [1.807, 2.05) is 30.3 Å². The van der Waals surface area contributed by atoms with E-state index in [0.717, 1.165) is 5.75 Å². The zero-order valence-electron chi connectivity index (χ0n) is 17.7. The minimum Gasteiger partial charge on any atom is -0.493 e. The molecule has 31 heavy (non-hydrogen) atoms. The van der Waals surface area contributed by atoms with Crippen molar-refractivity contribution in [2.24, 2.45) is 5.92 Å². The predicted molar refractivity (Wildman–Crippen MR) is 115 cm³/mol. The second kappa shape index (κ2) is 11.4. The largest absolute Gasteiger partial charge is 0.493 e. The molecule has 0 saturated carbocycles. The lowest BCUT2D eigenvalue weighted by Gasteiger charge is -2.31. The summed E-state index contributed by atoms with van der Waals surface area (Å²) in [5.74, 6) is 0.303. The summed E-state index contributed by atoms with van der Waals surface area (Å²) in [7, 11) is -3.38. The lowest BCUT2D eigenvalue weighted by molar-refractivity contribution is -0.136. The number of nitrogens with zero attached hydrogens (tertiary/aromatic N) is 2. The highest BCUT2D eigenvalue weighted by Crippen LogP contribution is 2.18. The van der Waals surface area contributed by atoms with Crippen LogP contribution in [0.3, 0.4) is 0 Å². The second-order valence-electron chi connectivity index (χ2n) is 7.69. The summed E-state index contributed by atoms with van der Waals surface area (Å²) >= 11 is 0. The van der Waals surface area contributed by atoms with Gasteiger partial charge in [-0.2, -0.15) is 4.31 Å². The Labute approximate surface area is 183 Å². The fraction of sp³-hybridized carbons (Fsp3) is 0.619. The number of piperidine rings is 1. The van der Waals surface area contributed by atoms with Crippen LogP contribution in [0.4, 0.5) is 0 Å².